The number of rotatable bonds is 2. The van der Waals surface area contributed by atoms with Crippen LogP contribution in [0.25, 0.3) is 0 Å². The fraction of sp³-hybridized carbons (Fsp3) is 0.615. The molecule has 0 amide bonds. The molecule has 1 aliphatic carbocycles. The summed E-state index contributed by atoms with van der Waals surface area (Å²) in [4.78, 5) is 11.5. The zero-order valence-corrected chi connectivity index (χ0v) is 10.3. The van der Waals surface area contributed by atoms with Crippen molar-refractivity contribution >= 4 is 5.78 Å². The SMILES string of the molecule is CC1=CC(=O)CC(C)(C)C1(O)/C=C/[C@@H](C)O. The summed E-state index contributed by atoms with van der Waals surface area (Å²) in [6.07, 6.45) is 4.33. The summed E-state index contributed by atoms with van der Waals surface area (Å²) < 4.78 is 0. The molecule has 0 bridgehead atoms. The van der Waals surface area contributed by atoms with E-state index in [4.69, 9.17) is 0 Å². The number of hydrogen-bond acceptors (Lipinski definition) is 3. The molecule has 0 aromatic carbocycles. The Kier molecular flexibility index (Phi) is 3.41. The van der Waals surface area contributed by atoms with E-state index in [9.17, 15) is 15.0 Å². The van der Waals surface area contributed by atoms with Gasteiger partial charge in [0.1, 0.15) is 5.60 Å². The van der Waals surface area contributed by atoms with Gasteiger partial charge in [-0.2, -0.15) is 0 Å². The lowest BCUT2D eigenvalue weighted by Crippen LogP contribution is -2.48. The number of carbonyl (C=O) groups excluding carboxylic acids is 1. The van der Waals surface area contributed by atoms with Gasteiger partial charge in [-0.3, -0.25) is 4.79 Å². The first-order valence-electron chi connectivity index (χ1n) is 5.50. The molecule has 0 fully saturated rings. The predicted octanol–water partition coefficient (Wildman–Crippen LogP) is 1.60. The minimum absolute atomic E-state index is 0.0395. The first kappa shape index (κ1) is 13.1. The third-order valence-electron chi connectivity index (χ3n) is 3.24. The van der Waals surface area contributed by atoms with E-state index in [2.05, 4.69) is 0 Å². The van der Waals surface area contributed by atoms with Gasteiger partial charge in [-0.05, 0) is 31.6 Å². The van der Waals surface area contributed by atoms with Crippen molar-refractivity contribution in [2.24, 2.45) is 5.41 Å². The average molecular weight is 224 g/mol. The molecule has 0 aromatic rings. The van der Waals surface area contributed by atoms with Crippen molar-refractivity contribution in [2.45, 2.75) is 45.8 Å². The number of carbonyl (C=O) groups is 1. The van der Waals surface area contributed by atoms with Crippen molar-refractivity contribution in [1.82, 2.24) is 0 Å². The number of aliphatic hydroxyl groups is 2. The van der Waals surface area contributed by atoms with E-state index in [0.29, 0.717) is 12.0 Å². The Morgan fingerprint density at radius 3 is 2.50 bits per heavy atom. The van der Waals surface area contributed by atoms with Crippen LogP contribution in [0.2, 0.25) is 0 Å². The summed E-state index contributed by atoms with van der Waals surface area (Å²) in [5.74, 6) is 0.0395. The van der Waals surface area contributed by atoms with Crippen molar-refractivity contribution in [3.05, 3.63) is 23.8 Å². The van der Waals surface area contributed by atoms with Crippen LogP contribution >= 0.6 is 0 Å². The normalized spacial score (nSPS) is 31.6. The first-order valence-corrected chi connectivity index (χ1v) is 5.50. The highest BCUT2D eigenvalue weighted by Gasteiger charge is 2.46. The standard InChI is InChI=1S/C13H20O3/c1-9-7-11(15)8-12(3,4)13(9,16)6-5-10(2)14/h5-7,10,14,16H,8H2,1-4H3/b6-5+/t10-,13?/m1/s1. The van der Waals surface area contributed by atoms with E-state index in [1.165, 1.54) is 6.08 Å². The van der Waals surface area contributed by atoms with E-state index in [0.717, 1.165) is 0 Å². The van der Waals surface area contributed by atoms with Crippen LogP contribution in [0, 0.1) is 5.41 Å². The van der Waals surface area contributed by atoms with Crippen LogP contribution in [0.5, 0.6) is 0 Å². The lowest BCUT2D eigenvalue weighted by atomic mass is 9.64. The van der Waals surface area contributed by atoms with Gasteiger partial charge in [0.05, 0.1) is 6.10 Å². The summed E-state index contributed by atoms with van der Waals surface area (Å²) in [5, 5.41) is 19.8. The highest BCUT2D eigenvalue weighted by Crippen LogP contribution is 2.44. The summed E-state index contributed by atoms with van der Waals surface area (Å²) in [6.45, 7) is 7.08. The smallest absolute Gasteiger partial charge is 0.156 e. The molecule has 2 N–H and O–H groups in total. The lowest BCUT2D eigenvalue weighted by Gasteiger charge is -2.44. The second-order valence-electron chi connectivity index (χ2n) is 5.22. The maximum Gasteiger partial charge on any atom is 0.156 e. The third kappa shape index (κ3) is 2.25. The van der Waals surface area contributed by atoms with Crippen molar-refractivity contribution in [2.75, 3.05) is 0 Å². The molecule has 0 aromatic heterocycles. The zero-order valence-electron chi connectivity index (χ0n) is 10.3. The molecule has 16 heavy (non-hydrogen) atoms. The molecule has 0 saturated carbocycles. The molecule has 90 valence electrons. The predicted molar refractivity (Wildman–Crippen MR) is 62.9 cm³/mol. The number of allylic oxidation sites excluding steroid dienone is 1. The summed E-state index contributed by atoms with van der Waals surface area (Å²) >= 11 is 0. The molecule has 0 aliphatic heterocycles. The fourth-order valence-electron chi connectivity index (χ4n) is 2.14. The largest absolute Gasteiger partial charge is 0.389 e. The van der Waals surface area contributed by atoms with Crippen LogP contribution in [0.4, 0.5) is 0 Å². The minimum atomic E-state index is -1.15. The van der Waals surface area contributed by atoms with Crippen molar-refractivity contribution < 1.29 is 15.0 Å². The quantitative estimate of drug-likeness (QED) is 0.700. The van der Waals surface area contributed by atoms with Gasteiger partial charge in [0.15, 0.2) is 5.78 Å². The van der Waals surface area contributed by atoms with E-state index in [1.54, 1.807) is 26.0 Å². The van der Waals surface area contributed by atoms with Crippen LogP contribution in [0.1, 0.15) is 34.1 Å². The molecule has 3 heteroatoms. The highest BCUT2D eigenvalue weighted by atomic mass is 16.3. The summed E-state index contributed by atoms with van der Waals surface area (Å²) in [7, 11) is 0. The van der Waals surface area contributed by atoms with E-state index < -0.39 is 17.1 Å². The molecule has 0 saturated heterocycles. The van der Waals surface area contributed by atoms with Crippen LogP contribution in [0.15, 0.2) is 23.8 Å². The lowest BCUT2D eigenvalue weighted by molar-refractivity contribution is -0.121. The Bertz CT molecular complexity index is 350. The fourth-order valence-corrected chi connectivity index (χ4v) is 2.14. The Morgan fingerprint density at radius 1 is 1.50 bits per heavy atom. The van der Waals surface area contributed by atoms with Crippen molar-refractivity contribution in [3.8, 4) is 0 Å². The molecule has 2 atom stereocenters. The first-order chi connectivity index (χ1) is 7.19. The van der Waals surface area contributed by atoms with Gasteiger partial charge in [0, 0.05) is 11.8 Å². The molecule has 1 aliphatic rings. The minimum Gasteiger partial charge on any atom is -0.389 e. The Hall–Kier alpha value is -0.930. The van der Waals surface area contributed by atoms with E-state index >= 15 is 0 Å². The molecular weight excluding hydrogens is 204 g/mol. The van der Waals surface area contributed by atoms with Crippen LogP contribution in [-0.4, -0.2) is 27.7 Å². The van der Waals surface area contributed by atoms with Gasteiger partial charge in [-0.25, -0.2) is 0 Å². The van der Waals surface area contributed by atoms with Crippen LogP contribution in [0.3, 0.4) is 0 Å². The molecule has 1 unspecified atom stereocenters. The summed E-state index contributed by atoms with van der Waals surface area (Å²) in [6, 6.07) is 0. The number of hydrogen-bond donors (Lipinski definition) is 2. The van der Waals surface area contributed by atoms with Gasteiger partial charge in [0.25, 0.3) is 0 Å². The molecular formula is C13H20O3. The molecule has 1 rings (SSSR count). The highest BCUT2D eigenvalue weighted by molar-refractivity contribution is 5.92. The third-order valence-corrected chi connectivity index (χ3v) is 3.24. The van der Waals surface area contributed by atoms with Crippen molar-refractivity contribution in [1.29, 1.82) is 0 Å². The molecule has 3 nitrogen and oxygen atoms in total. The van der Waals surface area contributed by atoms with Gasteiger partial charge in [-0.15, -0.1) is 0 Å². The zero-order chi connectivity index (χ0) is 12.6. The molecule has 0 radical (unpaired) electrons. The molecule has 0 spiro atoms. The van der Waals surface area contributed by atoms with Gasteiger partial charge in [0.2, 0.25) is 0 Å². The van der Waals surface area contributed by atoms with Gasteiger partial charge in [-0.1, -0.05) is 19.9 Å². The Morgan fingerprint density at radius 2 is 2.06 bits per heavy atom. The average Bonchev–Trinajstić information content (AvgIpc) is 2.10. The van der Waals surface area contributed by atoms with E-state index in [-0.39, 0.29) is 5.78 Å². The van der Waals surface area contributed by atoms with Gasteiger partial charge >= 0.3 is 0 Å². The topological polar surface area (TPSA) is 57.5 Å². The Balaban J connectivity index is 3.16. The second kappa shape index (κ2) is 4.15. The van der Waals surface area contributed by atoms with Crippen LogP contribution < -0.4 is 0 Å². The molecule has 0 heterocycles. The van der Waals surface area contributed by atoms with Crippen LogP contribution in [-0.2, 0) is 4.79 Å². The second-order valence-corrected chi connectivity index (χ2v) is 5.22. The maximum absolute atomic E-state index is 11.5. The Labute approximate surface area is 96.5 Å². The van der Waals surface area contributed by atoms with E-state index in [1.807, 2.05) is 13.8 Å². The maximum atomic E-state index is 11.5. The monoisotopic (exact) mass is 224 g/mol. The summed E-state index contributed by atoms with van der Waals surface area (Å²) in [5.41, 5.74) is -1.07. The van der Waals surface area contributed by atoms with Gasteiger partial charge < -0.3 is 10.2 Å². The van der Waals surface area contributed by atoms with Crippen molar-refractivity contribution in [3.63, 3.8) is 0 Å². The number of aliphatic hydroxyl groups excluding tert-OH is 1. The number of ketones is 1.